The van der Waals surface area contributed by atoms with E-state index < -0.39 is 5.41 Å². The van der Waals surface area contributed by atoms with Crippen LogP contribution in [0.3, 0.4) is 0 Å². The van der Waals surface area contributed by atoms with E-state index in [1.54, 1.807) is 0 Å². The van der Waals surface area contributed by atoms with E-state index in [2.05, 4.69) is 60.2 Å². The molecule has 1 fully saturated rings. The summed E-state index contributed by atoms with van der Waals surface area (Å²) < 4.78 is 0. The summed E-state index contributed by atoms with van der Waals surface area (Å²) >= 11 is 0. The van der Waals surface area contributed by atoms with E-state index in [9.17, 15) is 4.79 Å². The second kappa shape index (κ2) is 7.94. The van der Waals surface area contributed by atoms with E-state index in [1.807, 2.05) is 13.8 Å². The number of benzene rings is 2. The molecule has 3 nitrogen and oxygen atoms in total. The van der Waals surface area contributed by atoms with Gasteiger partial charge in [0.25, 0.3) is 0 Å². The van der Waals surface area contributed by atoms with Gasteiger partial charge in [-0.25, -0.2) is 0 Å². The van der Waals surface area contributed by atoms with Gasteiger partial charge in [0.2, 0.25) is 5.91 Å². The highest BCUT2D eigenvalue weighted by molar-refractivity contribution is 5.95. The van der Waals surface area contributed by atoms with Gasteiger partial charge in [0.05, 0.1) is 5.41 Å². The third-order valence-corrected chi connectivity index (χ3v) is 5.42. The Hall–Kier alpha value is -2.29. The molecule has 26 heavy (non-hydrogen) atoms. The molecule has 2 aromatic carbocycles. The van der Waals surface area contributed by atoms with Crippen LogP contribution in [0.2, 0.25) is 0 Å². The predicted octanol–water partition coefficient (Wildman–Crippen LogP) is 5.35. The summed E-state index contributed by atoms with van der Waals surface area (Å²) in [4.78, 5) is 12.0. The van der Waals surface area contributed by atoms with Crippen molar-refractivity contribution in [2.24, 2.45) is 5.41 Å². The lowest BCUT2D eigenvalue weighted by Gasteiger charge is -2.16. The van der Waals surface area contributed by atoms with E-state index in [0.29, 0.717) is 0 Å². The number of hydrogen-bond donors (Lipinski definition) is 2. The Morgan fingerprint density at radius 1 is 0.962 bits per heavy atom. The average Bonchev–Trinajstić information content (AvgIpc) is 2.88. The number of hydrazine groups is 1. The number of fused-ring (bicyclic) bond motifs is 1. The molecule has 1 heterocycles. The van der Waals surface area contributed by atoms with Crippen molar-refractivity contribution in [1.29, 1.82) is 0 Å². The molecular weight excluding hydrogens is 320 g/mol. The van der Waals surface area contributed by atoms with Crippen molar-refractivity contribution < 1.29 is 4.79 Å². The average molecular weight is 351 g/mol. The zero-order chi connectivity index (χ0) is 18.6. The number of nitrogens with one attached hydrogen (secondary N) is 2. The Morgan fingerprint density at radius 2 is 1.69 bits per heavy atom. The quantitative estimate of drug-likeness (QED) is 0.661. The number of carbonyl (C=O) groups is 1. The molecule has 3 rings (SSSR count). The first-order chi connectivity index (χ1) is 12.5. The molecule has 0 unspecified atom stereocenters. The molecule has 0 spiro atoms. The van der Waals surface area contributed by atoms with Crippen LogP contribution in [0.4, 0.5) is 0 Å². The Kier molecular flexibility index (Phi) is 5.65. The molecule has 0 aliphatic carbocycles. The minimum absolute atomic E-state index is 0.0140. The van der Waals surface area contributed by atoms with Crippen molar-refractivity contribution in [1.82, 2.24) is 10.9 Å². The number of aryl methyl sites for hydroxylation is 1. The molecule has 2 aromatic rings. The van der Waals surface area contributed by atoms with Gasteiger partial charge in [-0.3, -0.25) is 10.2 Å². The normalized spacial score (nSPS) is 17.5. The fraction of sp³-hybridized carbons (Fsp3) is 0.435. The van der Waals surface area contributed by atoms with Gasteiger partial charge >= 0.3 is 0 Å². The van der Waals surface area contributed by atoms with Crippen molar-refractivity contribution in [3.05, 3.63) is 53.2 Å². The Morgan fingerprint density at radius 3 is 2.38 bits per heavy atom. The summed E-state index contributed by atoms with van der Waals surface area (Å²) in [6.07, 6.45) is 9.69. The van der Waals surface area contributed by atoms with Crippen LogP contribution in [0, 0.1) is 5.41 Å². The first-order valence-corrected chi connectivity index (χ1v) is 9.83. The van der Waals surface area contributed by atoms with Crippen LogP contribution in [-0.2, 0) is 11.2 Å². The standard InChI is InChI=1S/C23H30N2O/c1-4-5-6-7-8-11-17-12-9-13-18-14-10-15-19(21(17)18)16-20-23(2,3)22(26)25-24-20/h9-10,12-16,24H,4-8,11H2,1-3H3,(H,25,26)/b20-16-. The lowest BCUT2D eigenvalue weighted by atomic mass is 9.87. The number of rotatable bonds is 7. The highest BCUT2D eigenvalue weighted by Gasteiger charge is 2.37. The van der Waals surface area contributed by atoms with Crippen LogP contribution in [0.25, 0.3) is 16.8 Å². The third kappa shape index (κ3) is 3.77. The highest BCUT2D eigenvalue weighted by Crippen LogP contribution is 2.32. The summed E-state index contributed by atoms with van der Waals surface area (Å²) in [5.41, 5.74) is 8.77. The first-order valence-electron chi connectivity index (χ1n) is 9.83. The molecule has 2 N–H and O–H groups in total. The molecule has 1 saturated heterocycles. The summed E-state index contributed by atoms with van der Waals surface area (Å²) in [5.74, 6) is 0.0140. The second-order valence-electron chi connectivity index (χ2n) is 7.79. The Labute approximate surface area is 156 Å². The number of amides is 1. The molecule has 3 heteroatoms. The molecule has 0 atom stereocenters. The zero-order valence-corrected chi connectivity index (χ0v) is 16.2. The van der Waals surface area contributed by atoms with Gasteiger partial charge in [0.15, 0.2) is 0 Å². The third-order valence-electron chi connectivity index (χ3n) is 5.42. The van der Waals surface area contributed by atoms with Crippen molar-refractivity contribution in [3.63, 3.8) is 0 Å². The maximum Gasteiger partial charge on any atom is 0.249 e. The van der Waals surface area contributed by atoms with Crippen molar-refractivity contribution >= 4 is 22.8 Å². The smallest absolute Gasteiger partial charge is 0.249 e. The molecular formula is C23H30N2O. The monoisotopic (exact) mass is 350 g/mol. The first kappa shape index (κ1) is 18.5. The van der Waals surface area contributed by atoms with Gasteiger partial charge in [-0.2, -0.15) is 0 Å². The van der Waals surface area contributed by atoms with Gasteiger partial charge in [-0.15, -0.1) is 0 Å². The van der Waals surface area contributed by atoms with Gasteiger partial charge in [0.1, 0.15) is 0 Å². The summed E-state index contributed by atoms with van der Waals surface area (Å²) in [7, 11) is 0. The van der Waals surface area contributed by atoms with Crippen molar-refractivity contribution in [2.75, 3.05) is 0 Å². The minimum atomic E-state index is -0.530. The number of unbranched alkanes of at least 4 members (excludes halogenated alkanes) is 4. The summed E-state index contributed by atoms with van der Waals surface area (Å²) in [6, 6.07) is 13.0. The lowest BCUT2D eigenvalue weighted by molar-refractivity contribution is -0.125. The van der Waals surface area contributed by atoms with E-state index in [-0.39, 0.29) is 5.91 Å². The van der Waals surface area contributed by atoms with Crippen LogP contribution in [-0.4, -0.2) is 5.91 Å². The van der Waals surface area contributed by atoms with E-state index in [1.165, 1.54) is 54.0 Å². The van der Waals surface area contributed by atoms with Gasteiger partial charge in [-0.1, -0.05) is 69.0 Å². The van der Waals surface area contributed by atoms with Crippen molar-refractivity contribution in [2.45, 2.75) is 59.3 Å². The van der Waals surface area contributed by atoms with Crippen LogP contribution >= 0.6 is 0 Å². The van der Waals surface area contributed by atoms with Crippen LogP contribution in [0.5, 0.6) is 0 Å². The minimum Gasteiger partial charge on any atom is -0.302 e. The zero-order valence-electron chi connectivity index (χ0n) is 16.2. The second-order valence-corrected chi connectivity index (χ2v) is 7.79. The van der Waals surface area contributed by atoms with Gasteiger partial charge < -0.3 is 5.43 Å². The fourth-order valence-corrected chi connectivity index (χ4v) is 3.63. The number of hydrogen-bond acceptors (Lipinski definition) is 2. The van der Waals surface area contributed by atoms with Crippen LogP contribution < -0.4 is 10.9 Å². The Bertz CT molecular complexity index is 815. The SMILES string of the molecule is CCCCCCCc1cccc2cccc(/C=C3\NNC(=O)C3(C)C)c12. The fourth-order valence-electron chi connectivity index (χ4n) is 3.63. The molecule has 0 bridgehead atoms. The molecule has 0 saturated carbocycles. The maximum atomic E-state index is 12.0. The molecule has 0 aromatic heterocycles. The number of carbonyl (C=O) groups excluding carboxylic acids is 1. The van der Waals surface area contributed by atoms with Gasteiger partial charge in [-0.05, 0) is 54.7 Å². The van der Waals surface area contributed by atoms with Crippen LogP contribution in [0.1, 0.15) is 64.0 Å². The predicted molar refractivity (Wildman–Crippen MR) is 109 cm³/mol. The van der Waals surface area contributed by atoms with Gasteiger partial charge in [0, 0.05) is 5.70 Å². The Balaban J connectivity index is 1.92. The summed E-state index contributed by atoms with van der Waals surface area (Å²) in [5, 5.41) is 2.58. The largest absolute Gasteiger partial charge is 0.302 e. The topological polar surface area (TPSA) is 41.1 Å². The molecule has 1 aliphatic rings. The maximum absolute atomic E-state index is 12.0. The lowest BCUT2D eigenvalue weighted by Crippen LogP contribution is -2.28. The van der Waals surface area contributed by atoms with E-state index >= 15 is 0 Å². The molecule has 0 radical (unpaired) electrons. The van der Waals surface area contributed by atoms with E-state index in [0.717, 1.165) is 12.1 Å². The molecule has 1 aliphatic heterocycles. The molecule has 138 valence electrons. The highest BCUT2D eigenvalue weighted by atomic mass is 16.2. The molecule has 1 amide bonds. The van der Waals surface area contributed by atoms with Crippen LogP contribution in [0.15, 0.2) is 42.1 Å². The summed E-state index contributed by atoms with van der Waals surface area (Å²) in [6.45, 7) is 6.16. The van der Waals surface area contributed by atoms with Crippen molar-refractivity contribution in [3.8, 4) is 0 Å². The van der Waals surface area contributed by atoms with E-state index in [4.69, 9.17) is 0 Å².